The van der Waals surface area contributed by atoms with E-state index in [1.54, 1.807) is 6.20 Å². The first kappa shape index (κ1) is 28.4. The summed E-state index contributed by atoms with van der Waals surface area (Å²) in [5.74, 6) is -1.42. The van der Waals surface area contributed by atoms with E-state index in [9.17, 15) is 18.7 Å². The quantitative estimate of drug-likeness (QED) is 0.215. The number of aliphatic hydroxyl groups excluding tert-OH is 1. The number of ether oxygens (including phenoxy) is 1. The first-order chi connectivity index (χ1) is 20.0. The van der Waals surface area contributed by atoms with E-state index in [0.29, 0.717) is 29.7 Å². The number of nitrogens with zero attached hydrogens (tertiary/aromatic N) is 5. The van der Waals surface area contributed by atoms with Gasteiger partial charge in [0.2, 0.25) is 5.91 Å². The summed E-state index contributed by atoms with van der Waals surface area (Å²) >= 11 is 0. The molecule has 0 saturated carbocycles. The molecule has 1 aliphatic heterocycles. The molecule has 1 fully saturated rings. The van der Waals surface area contributed by atoms with Crippen LogP contribution in [0.4, 0.5) is 26.0 Å². The lowest BCUT2D eigenvalue weighted by atomic mass is 9.99. The van der Waals surface area contributed by atoms with E-state index in [4.69, 9.17) is 4.74 Å². The fourth-order valence-corrected chi connectivity index (χ4v) is 5.10. The number of aromatic nitrogens is 4. The van der Waals surface area contributed by atoms with Gasteiger partial charge in [-0.25, -0.2) is 18.7 Å². The molecule has 0 unspecified atom stereocenters. The number of piperidine rings is 1. The molecule has 12 heteroatoms. The lowest BCUT2D eigenvalue weighted by molar-refractivity contribution is -0.116. The van der Waals surface area contributed by atoms with Crippen LogP contribution >= 0.6 is 0 Å². The van der Waals surface area contributed by atoms with E-state index in [-0.39, 0.29) is 18.8 Å². The average Bonchev–Trinajstić information content (AvgIpc) is 3.41. The summed E-state index contributed by atoms with van der Waals surface area (Å²) in [5, 5.41) is 19.8. The highest BCUT2D eigenvalue weighted by molar-refractivity contribution is 5.92. The number of halogens is 2. The van der Waals surface area contributed by atoms with Crippen molar-refractivity contribution in [3.05, 3.63) is 66.8 Å². The molecular weight excluding hydrogens is 532 g/mol. The van der Waals surface area contributed by atoms with Crippen molar-refractivity contribution in [3.63, 3.8) is 0 Å². The normalized spacial score (nSPS) is 15.6. The summed E-state index contributed by atoms with van der Waals surface area (Å²) in [6.07, 6.45) is 9.92. The van der Waals surface area contributed by atoms with Crippen LogP contribution in [0.25, 0.3) is 10.9 Å². The van der Waals surface area contributed by atoms with E-state index >= 15 is 0 Å². The Labute approximate surface area is 236 Å². The van der Waals surface area contributed by atoms with Gasteiger partial charge in [-0.05, 0) is 56.5 Å². The van der Waals surface area contributed by atoms with E-state index in [1.807, 2.05) is 18.2 Å². The summed E-state index contributed by atoms with van der Waals surface area (Å²) in [4.78, 5) is 23.5. The van der Waals surface area contributed by atoms with Crippen LogP contribution in [0.1, 0.15) is 32.1 Å². The Hall–Kier alpha value is -4.16. The van der Waals surface area contributed by atoms with Crippen LogP contribution in [0.3, 0.4) is 0 Å². The molecule has 3 heterocycles. The van der Waals surface area contributed by atoms with Crippen molar-refractivity contribution in [1.82, 2.24) is 24.6 Å². The SMILES string of the molecule is O=C(Cn1cc(Nc2ncnc3cc(OCCCN4CCCC[C@H]4CCO)ccc23)cn1)Nc1cccc(F)c1F. The van der Waals surface area contributed by atoms with Gasteiger partial charge in [0.15, 0.2) is 11.6 Å². The lowest BCUT2D eigenvalue weighted by Crippen LogP contribution is -2.40. The van der Waals surface area contributed by atoms with Crippen molar-refractivity contribution in [2.24, 2.45) is 0 Å². The Balaban J connectivity index is 1.15. The number of amides is 1. The number of carbonyl (C=O) groups excluding carboxylic acids is 1. The van der Waals surface area contributed by atoms with Gasteiger partial charge in [-0.1, -0.05) is 12.5 Å². The van der Waals surface area contributed by atoms with Crippen LogP contribution in [0, 0.1) is 11.6 Å². The largest absolute Gasteiger partial charge is 0.493 e. The number of hydrogen-bond donors (Lipinski definition) is 3. The predicted octanol–water partition coefficient (Wildman–Crippen LogP) is 4.49. The van der Waals surface area contributed by atoms with Gasteiger partial charge in [0.1, 0.15) is 24.4 Å². The minimum absolute atomic E-state index is 0.192. The van der Waals surface area contributed by atoms with Crippen molar-refractivity contribution in [2.75, 3.05) is 36.9 Å². The minimum atomic E-state index is -1.11. The lowest BCUT2D eigenvalue weighted by Gasteiger charge is -2.35. The van der Waals surface area contributed by atoms with Crippen LogP contribution in [0.2, 0.25) is 0 Å². The Morgan fingerprint density at radius 2 is 2.07 bits per heavy atom. The molecule has 216 valence electrons. The molecule has 4 aromatic rings. The van der Waals surface area contributed by atoms with E-state index in [1.165, 1.54) is 42.2 Å². The second-order valence-corrected chi connectivity index (χ2v) is 10.0. The van der Waals surface area contributed by atoms with Crippen LogP contribution in [-0.2, 0) is 11.3 Å². The van der Waals surface area contributed by atoms with Crippen molar-refractivity contribution in [3.8, 4) is 5.75 Å². The Kier molecular flexibility index (Phi) is 9.32. The zero-order valence-corrected chi connectivity index (χ0v) is 22.6. The molecule has 0 aliphatic carbocycles. The zero-order chi connectivity index (χ0) is 28.6. The van der Waals surface area contributed by atoms with E-state index in [0.717, 1.165) is 49.6 Å². The van der Waals surface area contributed by atoms with Crippen LogP contribution < -0.4 is 15.4 Å². The third-order valence-electron chi connectivity index (χ3n) is 7.11. The van der Waals surface area contributed by atoms with Gasteiger partial charge in [-0.3, -0.25) is 9.48 Å². The highest BCUT2D eigenvalue weighted by atomic mass is 19.2. The van der Waals surface area contributed by atoms with Crippen LogP contribution in [0.15, 0.2) is 55.1 Å². The fourth-order valence-electron chi connectivity index (χ4n) is 5.10. The van der Waals surface area contributed by atoms with E-state index in [2.05, 4.69) is 30.6 Å². The number of carbonyl (C=O) groups is 1. The third kappa shape index (κ3) is 7.33. The van der Waals surface area contributed by atoms with Gasteiger partial charge in [0.05, 0.1) is 29.7 Å². The number of fused-ring (bicyclic) bond motifs is 1. The highest BCUT2D eigenvalue weighted by Crippen LogP contribution is 2.26. The van der Waals surface area contributed by atoms with Crippen molar-refractivity contribution in [1.29, 1.82) is 0 Å². The first-order valence-corrected chi connectivity index (χ1v) is 13.8. The third-order valence-corrected chi connectivity index (χ3v) is 7.11. The summed E-state index contributed by atoms with van der Waals surface area (Å²) in [5.41, 5.74) is 1.07. The minimum Gasteiger partial charge on any atom is -0.493 e. The molecule has 1 atom stereocenters. The van der Waals surface area contributed by atoms with Gasteiger partial charge in [0, 0.05) is 36.8 Å². The predicted molar refractivity (Wildman–Crippen MR) is 151 cm³/mol. The van der Waals surface area contributed by atoms with Crippen LogP contribution in [-0.4, -0.2) is 68.0 Å². The van der Waals surface area contributed by atoms with Gasteiger partial charge in [0.25, 0.3) is 0 Å². The maximum absolute atomic E-state index is 13.8. The molecule has 5 rings (SSSR count). The maximum atomic E-state index is 13.8. The Morgan fingerprint density at radius 1 is 1.17 bits per heavy atom. The number of hydrogen-bond acceptors (Lipinski definition) is 8. The van der Waals surface area contributed by atoms with Crippen molar-refractivity contribution in [2.45, 2.75) is 44.7 Å². The molecule has 2 aromatic carbocycles. The second kappa shape index (κ2) is 13.5. The number of benzene rings is 2. The summed E-state index contributed by atoms with van der Waals surface area (Å²) in [7, 11) is 0. The van der Waals surface area contributed by atoms with Crippen molar-refractivity contribution >= 4 is 34.0 Å². The molecule has 2 aromatic heterocycles. The smallest absolute Gasteiger partial charge is 0.246 e. The zero-order valence-electron chi connectivity index (χ0n) is 22.6. The molecule has 3 N–H and O–H groups in total. The molecule has 0 bridgehead atoms. The number of likely N-dealkylation sites (tertiary alicyclic amines) is 1. The average molecular weight is 566 g/mol. The maximum Gasteiger partial charge on any atom is 0.246 e. The van der Waals surface area contributed by atoms with Crippen molar-refractivity contribution < 1.29 is 23.4 Å². The summed E-state index contributed by atoms with van der Waals surface area (Å²) < 4.78 is 34.6. The number of anilines is 3. The fraction of sp³-hybridized carbons (Fsp3) is 0.379. The monoisotopic (exact) mass is 565 g/mol. The number of aliphatic hydroxyl groups is 1. The van der Waals surface area contributed by atoms with E-state index < -0.39 is 17.5 Å². The Morgan fingerprint density at radius 3 is 2.95 bits per heavy atom. The summed E-state index contributed by atoms with van der Waals surface area (Å²) in [6, 6.07) is 9.69. The molecule has 0 radical (unpaired) electrons. The molecule has 1 saturated heterocycles. The standard InChI is InChI=1S/C29H33F2N7O3/c30-24-6-3-7-25(28(24)31)36-27(40)18-38-17-20(16-34-38)35-29-23-9-8-22(15-26(23)32-19-33-29)41-14-4-12-37-11-2-1-5-21(37)10-13-39/h3,6-9,15-17,19,21,39H,1-2,4-5,10-14,18H2,(H,36,40)(H,32,33,35)/t21-/m0/s1. The molecular formula is C29H33F2N7O3. The molecule has 1 aliphatic rings. The Bertz CT molecular complexity index is 1480. The van der Waals surface area contributed by atoms with Crippen LogP contribution in [0.5, 0.6) is 5.75 Å². The topological polar surface area (TPSA) is 117 Å². The first-order valence-electron chi connectivity index (χ1n) is 13.8. The molecule has 41 heavy (non-hydrogen) atoms. The van der Waals surface area contributed by atoms with Gasteiger partial charge in [-0.2, -0.15) is 5.10 Å². The number of nitrogens with one attached hydrogen (secondary N) is 2. The number of rotatable bonds is 12. The summed E-state index contributed by atoms with van der Waals surface area (Å²) in [6.45, 7) is 2.65. The van der Waals surface area contributed by atoms with Gasteiger partial charge < -0.3 is 25.4 Å². The van der Waals surface area contributed by atoms with Gasteiger partial charge >= 0.3 is 0 Å². The second-order valence-electron chi connectivity index (χ2n) is 10.0. The van der Waals surface area contributed by atoms with Gasteiger partial charge in [-0.15, -0.1) is 0 Å². The molecule has 10 nitrogen and oxygen atoms in total. The molecule has 1 amide bonds. The molecule has 0 spiro atoms. The highest BCUT2D eigenvalue weighted by Gasteiger charge is 2.21.